The molecule has 2 atom stereocenters. The molecule has 2 fully saturated rings. The van der Waals surface area contributed by atoms with Crippen molar-refractivity contribution in [3.63, 3.8) is 0 Å². The number of benzene rings is 1. The molecule has 2 aliphatic rings. The molecule has 6 nitrogen and oxygen atoms in total. The van der Waals surface area contributed by atoms with Crippen molar-refractivity contribution in [3.05, 3.63) is 23.8 Å². The molecular formula is C21H33N3O3. The van der Waals surface area contributed by atoms with Gasteiger partial charge in [0.05, 0.1) is 19.8 Å². The largest absolute Gasteiger partial charge is 0.504 e. The van der Waals surface area contributed by atoms with E-state index in [1.54, 1.807) is 13.2 Å². The van der Waals surface area contributed by atoms with Gasteiger partial charge in [-0.05, 0) is 39.2 Å². The Labute approximate surface area is 162 Å². The number of hydrogen-bond acceptors (Lipinski definition) is 4. The lowest BCUT2D eigenvalue weighted by atomic mass is 9.60. The summed E-state index contributed by atoms with van der Waals surface area (Å²) in [6.07, 6.45) is 6.42. The first-order valence-corrected chi connectivity index (χ1v) is 10.2. The molecule has 1 aromatic rings. The van der Waals surface area contributed by atoms with Crippen LogP contribution in [0.4, 0.5) is 0 Å². The van der Waals surface area contributed by atoms with E-state index >= 15 is 0 Å². The van der Waals surface area contributed by atoms with Crippen molar-refractivity contribution in [1.82, 2.24) is 10.6 Å². The van der Waals surface area contributed by atoms with E-state index in [0.717, 1.165) is 31.1 Å². The molecule has 1 spiro atoms. The molecule has 27 heavy (non-hydrogen) atoms. The first-order valence-electron chi connectivity index (χ1n) is 10.2. The van der Waals surface area contributed by atoms with Gasteiger partial charge in [0.2, 0.25) is 0 Å². The minimum atomic E-state index is 0.159. The number of guanidine groups is 1. The second-order valence-corrected chi connectivity index (χ2v) is 7.48. The summed E-state index contributed by atoms with van der Waals surface area (Å²) in [4.78, 5) is 4.71. The van der Waals surface area contributed by atoms with Gasteiger partial charge in [0.1, 0.15) is 0 Å². The lowest BCUT2D eigenvalue weighted by Crippen LogP contribution is -2.65. The second kappa shape index (κ2) is 8.83. The van der Waals surface area contributed by atoms with E-state index < -0.39 is 0 Å². The fourth-order valence-electron chi connectivity index (χ4n) is 4.60. The lowest BCUT2D eigenvalue weighted by Gasteiger charge is -2.54. The number of phenols is 1. The molecule has 0 bridgehead atoms. The van der Waals surface area contributed by atoms with E-state index in [0.29, 0.717) is 24.4 Å². The number of aromatic hydroxyl groups is 1. The number of aliphatic imine (C=N–C) groups is 1. The highest BCUT2D eigenvalue weighted by molar-refractivity contribution is 5.80. The van der Waals surface area contributed by atoms with Crippen molar-refractivity contribution in [1.29, 1.82) is 0 Å². The summed E-state index contributed by atoms with van der Waals surface area (Å²) < 4.78 is 11.2. The van der Waals surface area contributed by atoms with Crippen molar-refractivity contribution < 1.29 is 14.6 Å². The Morgan fingerprint density at radius 1 is 1.30 bits per heavy atom. The predicted octanol–water partition coefficient (Wildman–Crippen LogP) is 3.19. The van der Waals surface area contributed by atoms with Gasteiger partial charge < -0.3 is 25.2 Å². The van der Waals surface area contributed by atoms with Crippen LogP contribution in [0.2, 0.25) is 0 Å². The van der Waals surface area contributed by atoms with Crippen LogP contribution in [0.15, 0.2) is 23.2 Å². The van der Waals surface area contributed by atoms with Crippen molar-refractivity contribution >= 4 is 5.96 Å². The third-order valence-corrected chi connectivity index (χ3v) is 6.05. The maximum absolute atomic E-state index is 10.3. The highest BCUT2D eigenvalue weighted by Gasteiger charge is 2.56. The number of rotatable bonds is 7. The molecule has 150 valence electrons. The number of phenolic OH excluding ortho intramolecular Hbond substituents is 1. The Morgan fingerprint density at radius 2 is 2.07 bits per heavy atom. The maximum atomic E-state index is 10.3. The zero-order valence-corrected chi connectivity index (χ0v) is 16.8. The third-order valence-electron chi connectivity index (χ3n) is 6.05. The number of para-hydroxylation sites is 1. The quantitative estimate of drug-likeness (QED) is 0.504. The summed E-state index contributed by atoms with van der Waals surface area (Å²) in [6.45, 7) is 6.12. The molecule has 0 radical (unpaired) electrons. The molecular weight excluding hydrogens is 342 g/mol. The summed E-state index contributed by atoms with van der Waals surface area (Å²) in [5.74, 6) is 1.43. The van der Waals surface area contributed by atoms with E-state index in [9.17, 15) is 5.11 Å². The lowest BCUT2D eigenvalue weighted by molar-refractivity contribution is -0.125. The fourth-order valence-corrected chi connectivity index (χ4v) is 4.60. The number of methoxy groups -OCH3 is 1. The Kier molecular flexibility index (Phi) is 6.47. The highest BCUT2D eigenvalue weighted by Crippen LogP contribution is 2.54. The average Bonchev–Trinajstić information content (AvgIpc) is 3.19. The summed E-state index contributed by atoms with van der Waals surface area (Å²) >= 11 is 0. The second-order valence-electron chi connectivity index (χ2n) is 7.48. The SMILES string of the molecule is CCNC(=NCc1cccc(OC)c1O)NC1CC(OCC)C12CCCC2. The standard InChI is InChI=1S/C21H33N3O3/c1-4-22-20(23-14-15-9-8-10-16(26-3)19(15)25)24-17-13-18(27-5-2)21(17)11-6-7-12-21/h8-10,17-18,25H,4-7,11-14H2,1-3H3,(H2,22,23,24). The number of nitrogens with zero attached hydrogens (tertiary/aromatic N) is 1. The van der Waals surface area contributed by atoms with Crippen LogP contribution in [-0.2, 0) is 11.3 Å². The normalized spacial score (nSPS) is 23.9. The summed E-state index contributed by atoms with van der Waals surface area (Å²) in [5.41, 5.74) is 1.01. The van der Waals surface area contributed by atoms with Gasteiger partial charge in [-0.1, -0.05) is 25.0 Å². The van der Waals surface area contributed by atoms with Gasteiger partial charge in [-0.25, -0.2) is 4.99 Å². The van der Waals surface area contributed by atoms with Gasteiger partial charge in [0.15, 0.2) is 17.5 Å². The van der Waals surface area contributed by atoms with Crippen molar-refractivity contribution in [2.24, 2.45) is 10.4 Å². The topological polar surface area (TPSA) is 75.1 Å². The van der Waals surface area contributed by atoms with Gasteiger partial charge in [-0.3, -0.25) is 0 Å². The predicted molar refractivity (Wildman–Crippen MR) is 107 cm³/mol. The maximum Gasteiger partial charge on any atom is 0.191 e. The summed E-state index contributed by atoms with van der Waals surface area (Å²) in [7, 11) is 1.56. The molecule has 6 heteroatoms. The van der Waals surface area contributed by atoms with Gasteiger partial charge in [0, 0.05) is 30.2 Å². The Hall–Kier alpha value is -1.95. The van der Waals surface area contributed by atoms with Crippen LogP contribution < -0.4 is 15.4 Å². The van der Waals surface area contributed by atoms with Crippen LogP contribution in [-0.4, -0.2) is 43.5 Å². The molecule has 0 aliphatic heterocycles. The highest BCUT2D eigenvalue weighted by atomic mass is 16.5. The van der Waals surface area contributed by atoms with E-state index in [1.807, 2.05) is 12.1 Å². The van der Waals surface area contributed by atoms with Crippen LogP contribution in [0.3, 0.4) is 0 Å². The van der Waals surface area contributed by atoms with Gasteiger partial charge in [-0.2, -0.15) is 0 Å². The molecule has 0 amide bonds. The number of hydrogen-bond donors (Lipinski definition) is 3. The number of ether oxygens (including phenoxy) is 2. The summed E-state index contributed by atoms with van der Waals surface area (Å²) in [6, 6.07) is 5.89. The van der Waals surface area contributed by atoms with E-state index in [-0.39, 0.29) is 11.2 Å². The molecule has 2 aliphatic carbocycles. The van der Waals surface area contributed by atoms with Crippen molar-refractivity contribution in [2.75, 3.05) is 20.3 Å². The third kappa shape index (κ3) is 4.00. The van der Waals surface area contributed by atoms with E-state index in [2.05, 4.69) is 24.5 Å². The zero-order valence-electron chi connectivity index (χ0n) is 16.8. The van der Waals surface area contributed by atoms with Gasteiger partial charge in [-0.15, -0.1) is 0 Å². The molecule has 2 unspecified atom stereocenters. The number of nitrogens with one attached hydrogen (secondary N) is 2. The van der Waals surface area contributed by atoms with E-state index in [1.165, 1.54) is 25.7 Å². The first kappa shape index (κ1) is 19.8. The van der Waals surface area contributed by atoms with Crippen LogP contribution in [0.1, 0.15) is 51.5 Å². The van der Waals surface area contributed by atoms with Gasteiger partial charge >= 0.3 is 0 Å². The van der Waals surface area contributed by atoms with Crippen LogP contribution in [0.25, 0.3) is 0 Å². The minimum absolute atomic E-state index is 0.159. The zero-order chi connectivity index (χ0) is 19.3. The van der Waals surface area contributed by atoms with Gasteiger partial charge in [0.25, 0.3) is 0 Å². The smallest absolute Gasteiger partial charge is 0.191 e. The first-order chi connectivity index (χ1) is 13.1. The molecule has 2 saturated carbocycles. The van der Waals surface area contributed by atoms with Crippen LogP contribution in [0, 0.1) is 5.41 Å². The Morgan fingerprint density at radius 3 is 2.74 bits per heavy atom. The van der Waals surface area contributed by atoms with Crippen molar-refractivity contribution in [3.8, 4) is 11.5 Å². The average molecular weight is 376 g/mol. The minimum Gasteiger partial charge on any atom is -0.504 e. The molecule has 0 aromatic heterocycles. The molecule has 3 rings (SSSR count). The van der Waals surface area contributed by atoms with Crippen LogP contribution >= 0.6 is 0 Å². The molecule has 1 aromatic carbocycles. The van der Waals surface area contributed by atoms with Crippen molar-refractivity contribution in [2.45, 2.75) is 64.6 Å². The molecule has 3 N–H and O–H groups in total. The fraction of sp³-hybridized carbons (Fsp3) is 0.667. The monoisotopic (exact) mass is 375 g/mol. The van der Waals surface area contributed by atoms with Crippen LogP contribution in [0.5, 0.6) is 11.5 Å². The Bertz CT molecular complexity index is 656. The summed E-state index contributed by atoms with van der Waals surface area (Å²) in [5, 5.41) is 17.3. The molecule has 0 heterocycles. The molecule has 0 saturated heterocycles. The van der Waals surface area contributed by atoms with E-state index in [4.69, 9.17) is 14.5 Å². The Balaban J connectivity index is 1.70.